The number of hydrogen-bond acceptors (Lipinski definition) is 4. The lowest BCUT2D eigenvalue weighted by atomic mass is 9.83. The minimum absolute atomic E-state index is 0.0982. The van der Waals surface area contributed by atoms with Crippen molar-refractivity contribution in [3.8, 4) is 0 Å². The zero-order chi connectivity index (χ0) is 16.0. The standard InChI is InChI=1S/C16H21N5O2/c1-10-7-17-21(9-10)15-12(6-14(15)22)19-16(23)11-8-18-20-5-3-2-4-13(11)20/h7-9,12,14-15,22H,2-6H2,1H3,(H,19,23)/t12-,14+,15+/m0/s1. The van der Waals surface area contributed by atoms with Crippen LogP contribution in [-0.2, 0) is 13.0 Å². The zero-order valence-electron chi connectivity index (χ0n) is 13.1. The first-order chi connectivity index (χ1) is 11.1. The SMILES string of the molecule is Cc1cnn([C@H]2[C@H](O)C[C@@H]2NC(=O)c2cnn3c2CCCC3)c1. The largest absolute Gasteiger partial charge is 0.391 e. The van der Waals surface area contributed by atoms with Gasteiger partial charge in [-0.15, -0.1) is 0 Å². The number of aliphatic hydroxyl groups is 1. The summed E-state index contributed by atoms with van der Waals surface area (Å²) in [7, 11) is 0. The predicted molar refractivity (Wildman–Crippen MR) is 83.0 cm³/mol. The number of amides is 1. The molecule has 4 rings (SSSR count). The van der Waals surface area contributed by atoms with Gasteiger partial charge in [0.05, 0.1) is 41.8 Å². The van der Waals surface area contributed by atoms with Crippen molar-refractivity contribution in [2.24, 2.45) is 0 Å². The van der Waals surface area contributed by atoms with Crippen molar-refractivity contribution >= 4 is 5.91 Å². The molecule has 1 aliphatic heterocycles. The summed E-state index contributed by atoms with van der Waals surface area (Å²) in [6.07, 6.45) is 8.52. The molecular weight excluding hydrogens is 294 g/mol. The number of aryl methyl sites for hydroxylation is 2. The number of fused-ring (bicyclic) bond motifs is 1. The van der Waals surface area contributed by atoms with E-state index in [4.69, 9.17) is 0 Å². The van der Waals surface area contributed by atoms with Crippen LogP contribution in [0.3, 0.4) is 0 Å². The smallest absolute Gasteiger partial charge is 0.255 e. The Hall–Kier alpha value is -2.15. The van der Waals surface area contributed by atoms with E-state index in [0.29, 0.717) is 12.0 Å². The second-order valence-corrected chi connectivity index (χ2v) is 6.56. The Labute approximate surface area is 134 Å². The highest BCUT2D eigenvalue weighted by Crippen LogP contribution is 2.33. The monoisotopic (exact) mass is 315 g/mol. The zero-order valence-corrected chi connectivity index (χ0v) is 13.1. The molecule has 0 aromatic carbocycles. The van der Waals surface area contributed by atoms with E-state index in [1.54, 1.807) is 17.1 Å². The second-order valence-electron chi connectivity index (χ2n) is 6.56. The van der Waals surface area contributed by atoms with E-state index in [1.807, 2.05) is 17.8 Å². The first-order valence-corrected chi connectivity index (χ1v) is 8.18. The van der Waals surface area contributed by atoms with Gasteiger partial charge in [0.1, 0.15) is 0 Å². The summed E-state index contributed by atoms with van der Waals surface area (Å²) in [6.45, 7) is 2.85. The quantitative estimate of drug-likeness (QED) is 0.878. The van der Waals surface area contributed by atoms with Gasteiger partial charge in [-0.1, -0.05) is 0 Å². The highest BCUT2D eigenvalue weighted by molar-refractivity contribution is 5.95. The van der Waals surface area contributed by atoms with E-state index < -0.39 is 6.10 Å². The molecule has 1 amide bonds. The number of aliphatic hydroxyl groups excluding tert-OH is 1. The molecule has 3 heterocycles. The van der Waals surface area contributed by atoms with Crippen molar-refractivity contribution in [3.05, 3.63) is 35.4 Å². The summed E-state index contributed by atoms with van der Waals surface area (Å²) in [6, 6.07) is -0.296. The molecule has 1 aliphatic carbocycles. The first-order valence-electron chi connectivity index (χ1n) is 8.18. The van der Waals surface area contributed by atoms with Crippen LogP contribution in [0.15, 0.2) is 18.6 Å². The van der Waals surface area contributed by atoms with Crippen LogP contribution in [0.1, 0.15) is 46.9 Å². The first kappa shape index (κ1) is 14.4. The molecule has 7 heteroatoms. The lowest BCUT2D eigenvalue weighted by Gasteiger charge is -2.41. The Morgan fingerprint density at radius 1 is 1.35 bits per heavy atom. The second kappa shape index (κ2) is 5.49. The number of nitrogens with zero attached hydrogens (tertiary/aromatic N) is 4. The summed E-state index contributed by atoms with van der Waals surface area (Å²) in [5.41, 5.74) is 2.74. The summed E-state index contributed by atoms with van der Waals surface area (Å²) in [5, 5.41) is 21.7. The van der Waals surface area contributed by atoms with E-state index in [0.717, 1.165) is 37.1 Å². The molecular formula is C16H21N5O2. The van der Waals surface area contributed by atoms with E-state index in [9.17, 15) is 9.90 Å². The molecule has 0 spiro atoms. The van der Waals surface area contributed by atoms with Crippen LogP contribution < -0.4 is 5.32 Å². The van der Waals surface area contributed by atoms with E-state index >= 15 is 0 Å². The molecule has 23 heavy (non-hydrogen) atoms. The van der Waals surface area contributed by atoms with Gasteiger partial charge >= 0.3 is 0 Å². The third-order valence-corrected chi connectivity index (χ3v) is 4.88. The summed E-state index contributed by atoms with van der Waals surface area (Å²) >= 11 is 0. The van der Waals surface area contributed by atoms with Crippen molar-refractivity contribution in [2.75, 3.05) is 0 Å². The molecule has 1 saturated carbocycles. The van der Waals surface area contributed by atoms with Gasteiger partial charge in [0.25, 0.3) is 5.91 Å². The van der Waals surface area contributed by atoms with Crippen molar-refractivity contribution in [3.63, 3.8) is 0 Å². The van der Waals surface area contributed by atoms with Gasteiger partial charge < -0.3 is 10.4 Å². The number of carbonyl (C=O) groups is 1. The van der Waals surface area contributed by atoms with Crippen LogP contribution in [0.5, 0.6) is 0 Å². The van der Waals surface area contributed by atoms with Gasteiger partial charge in [-0.05, 0) is 38.2 Å². The lowest BCUT2D eigenvalue weighted by Crippen LogP contribution is -2.56. The maximum atomic E-state index is 12.6. The Balaban J connectivity index is 1.49. The normalized spacial score (nSPS) is 26.4. The van der Waals surface area contributed by atoms with E-state index in [2.05, 4.69) is 15.5 Å². The molecule has 0 saturated heterocycles. The van der Waals surface area contributed by atoms with Gasteiger partial charge in [-0.3, -0.25) is 14.2 Å². The molecule has 2 aromatic heterocycles. The summed E-state index contributed by atoms with van der Waals surface area (Å²) in [4.78, 5) is 12.6. The van der Waals surface area contributed by atoms with Crippen molar-refractivity contribution < 1.29 is 9.90 Å². The fraction of sp³-hybridized carbons (Fsp3) is 0.562. The van der Waals surface area contributed by atoms with Crippen molar-refractivity contribution in [2.45, 2.75) is 57.3 Å². The molecule has 2 N–H and O–H groups in total. The Kier molecular flexibility index (Phi) is 3.45. The number of rotatable bonds is 3. The average Bonchev–Trinajstić information content (AvgIpc) is 3.13. The summed E-state index contributed by atoms with van der Waals surface area (Å²) in [5.74, 6) is -0.0982. The fourth-order valence-corrected chi connectivity index (χ4v) is 3.57. The average molecular weight is 315 g/mol. The number of aromatic nitrogens is 4. The number of nitrogens with one attached hydrogen (secondary N) is 1. The van der Waals surface area contributed by atoms with Gasteiger partial charge in [0.2, 0.25) is 0 Å². The molecule has 0 unspecified atom stereocenters. The van der Waals surface area contributed by atoms with Gasteiger partial charge in [-0.25, -0.2) is 0 Å². The molecule has 2 aromatic rings. The predicted octanol–water partition coefficient (Wildman–Crippen LogP) is 0.829. The fourth-order valence-electron chi connectivity index (χ4n) is 3.57. The summed E-state index contributed by atoms with van der Waals surface area (Å²) < 4.78 is 3.68. The van der Waals surface area contributed by atoms with Crippen LogP contribution in [0.4, 0.5) is 0 Å². The van der Waals surface area contributed by atoms with Crippen LogP contribution in [0, 0.1) is 6.92 Å². The maximum Gasteiger partial charge on any atom is 0.255 e. The van der Waals surface area contributed by atoms with Gasteiger partial charge in [0, 0.05) is 12.7 Å². The van der Waals surface area contributed by atoms with Crippen LogP contribution in [0.2, 0.25) is 0 Å². The topological polar surface area (TPSA) is 85.0 Å². The van der Waals surface area contributed by atoms with E-state index in [1.165, 1.54) is 0 Å². The highest BCUT2D eigenvalue weighted by atomic mass is 16.3. The molecule has 7 nitrogen and oxygen atoms in total. The molecule has 1 fully saturated rings. The third-order valence-electron chi connectivity index (χ3n) is 4.88. The molecule has 2 aliphatic rings. The van der Waals surface area contributed by atoms with Crippen LogP contribution >= 0.6 is 0 Å². The van der Waals surface area contributed by atoms with Gasteiger partial charge in [0.15, 0.2) is 0 Å². The van der Waals surface area contributed by atoms with E-state index in [-0.39, 0.29) is 18.0 Å². The number of hydrogen-bond donors (Lipinski definition) is 2. The number of carbonyl (C=O) groups excluding carboxylic acids is 1. The third kappa shape index (κ3) is 2.45. The Bertz CT molecular complexity index is 735. The van der Waals surface area contributed by atoms with Crippen LogP contribution in [-0.4, -0.2) is 42.7 Å². The molecule has 3 atom stereocenters. The minimum atomic E-state index is -0.472. The molecule has 122 valence electrons. The minimum Gasteiger partial charge on any atom is -0.391 e. The van der Waals surface area contributed by atoms with Gasteiger partial charge in [-0.2, -0.15) is 10.2 Å². The Morgan fingerprint density at radius 3 is 2.96 bits per heavy atom. The lowest BCUT2D eigenvalue weighted by molar-refractivity contribution is -0.00591. The molecule has 0 bridgehead atoms. The van der Waals surface area contributed by atoms with Crippen molar-refractivity contribution in [1.29, 1.82) is 0 Å². The molecule has 0 radical (unpaired) electrons. The Morgan fingerprint density at radius 2 is 2.22 bits per heavy atom. The van der Waals surface area contributed by atoms with Crippen LogP contribution in [0.25, 0.3) is 0 Å². The maximum absolute atomic E-state index is 12.6. The highest BCUT2D eigenvalue weighted by Gasteiger charge is 2.43. The van der Waals surface area contributed by atoms with Crippen molar-refractivity contribution in [1.82, 2.24) is 24.9 Å².